The molecule has 0 aliphatic carbocycles. The van der Waals surface area contributed by atoms with Crippen molar-refractivity contribution in [3.63, 3.8) is 0 Å². The smallest absolute Gasteiger partial charge is 0.299 e. The van der Waals surface area contributed by atoms with Crippen LogP contribution in [0.15, 0.2) is 0 Å². The first kappa shape index (κ1) is 11.2. The van der Waals surface area contributed by atoms with Crippen LogP contribution in [-0.2, 0) is 18.7 Å². The van der Waals surface area contributed by atoms with E-state index in [1.807, 2.05) is 0 Å². The number of rotatable bonds is 3. The Kier molecular flexibility index (Phi) is 3.53. The van der Waals surface area contributed by atoms with E-state index in [0.29, 0.717) is 0 Å². The van der Waals surface area contributed by atoms with Gasteiger partial charge in [0, 0.05) is 38.0 Å². The molecule has 0 N–H and O–H groups in total. The summed E-state index contributed by atoms with van der Waals surface area (Å²) in [7, 11) is 4.56. The molecular weight excluding hydrogens is 218 g/mol. The maximum atomic E-state index is 10.9. The molecular formula is C6H12ClNO4S. The summed E-state index contributed by atoms with van der Waals surface area (Å²) in [6.45, 7) is 0.502. The number of ether oxygens (including phenoxy) is 2. The summed E-state index contributed by atoms with van der Waals surface area (Å²) >= 11 is 0. The van der Waals surface area contributed by atoms with Crippen LogP contribution in [0, 0.1) is 0 Å². The van der Waals surface area contributed by atoms with E-state index in [-0.39, 0.29) is 25.3 Å². The average molecular weight is 230 g/mol. The molecule has 1 aliphatic rings. The molecule has 0 bridgehead atoms. The Morgan fingerprint density at radius 2 is 1.62 bits per heavy atom. The van der Waals surface area contributed by atoms with Crippen LogP contribution in [0.1, 0.15) is 0 Å². The molecule has 2 unspecified atom stereocenters. The monoisotopic (exact) mass is 229 g/mol. The third kappa shape index (κ3) is 2.54. The fraction of sp³-hybridized carbons (Fsp3) is 1.00. The van der Waals surface area contributed by atoms with Crippen molar-refractivity contribution >= 4 is 19.9 Å². The zero-order valence-corrected chi connectivity index (χ0v) is 9.01. The van der Waals surface area contributed by atoms with Gasteiger partial charge in [0.25, 0.3) is 9.24 Å². The first-order chi connectivity index (χ1) is 5.99. The van der Waals surface area contributed by atoms with Crippen molar-refractivity contribution in [1.29, 1.82) is 0 Å². The van der Waals surface area contributed by atoms with Gasteiger partial charge >= 0.3 is 0 Å². The molecule has 0 spiro atoms. The highest BCUT2D eigenvalue weighted by Crippen LogP contribution is 2.20. The van der Waals surface area contributed by atoms with Crippen LogP contribution in [0.2, 0.25) is 0 Å². The Balaban J connectivity index is 2.69. The summed E-state index contributed by atoms with van der Waals surface area (Å²) in [5.74, 6) is 0. The van der Waals surface area contributed by atoms with Gasteiger partial charge in [0.05, 0.1) is 12.2 Å². The van der Waals surface area contributed by atoms with E-state index in [1.165, 1.54) is 14.2 Å². The summed E-state index contributed by atoms with van der Waals surface area (Å²) in [6.07, 6.45) is -0.475. The number of hydrogen-bond acceptors (Lipinski definition) is 4. The second kappa shape index (κ2) is 4.10. The molecule has 0 amide bonds. The molecule has 0 aromatic carbocycles. The highest BCUT2D eigenvalue weighted by atomic mass is 35.7. The summed E-state index contributed by atoms with van der Waals surface area (Å²) in [4.78, 5) is 0. The quantitative estimate of drug-likeness (QED) is 0.630. The van der Waals surface area contributed by atoms with Gasteiger partial charge in [0.15, 0.2) is 0 Å². The minimum Gasteiger partial charge on any atom is -0.377 e. The van der Waals surface area contributed by atoms with Gasteiger partial charge < -0.3 is 9.47 Å². The van der Waals surface area contributed by atoms with Crippen molar-refractivity contribution < 1.29 is 17.9 Å². The number of halogens is 1. The molecule has 2 atom stereocenters. The van der Waals surface area contributed by atoms with E-state index in [9.17, 15) is 8.42 Å². The van der Waals surface area contributed by atoms with Gasteiger partial charge in [-0.3, -0.25) is 0 Å². The molecule has 1 heterocycles. The SMILES string of the molecule is COC1CN(S(=O)(=O)Cl)CC1OC. The maximum absolute atomic E-state index is 10.9. The predicted molar refractivity (Wildman–Crippen MR) is 47.9 cm³/mol. The first-order valence-corrected chi connectivity index (χ1v) is 6.01. The Morgan fingerprint density at radius 3 is 1.85 bits per heavy atom. The number of hydrogen-bond donors (Lipinski definition) is 0. The number of nitrogens with zero attached hydrogens (tertiary/aromatic N) is 1. The third-order valence-corrected chi connectivity index (χ3v) is 3.60. The van der Waals surface area contributed by atoms with E-state index >= 15 is 0 Å². The zero-order valence-electron chi connectivity index (χ0n) is 7.44. The van der Waals surface area contributed by atoms with E-state index < -0.39 is 9.24 Å². The van der Waals surface area contributed by atoms with Crippen LogP contribution in [-0.4, -0.2) is 52.2 Å². The molecule has 13 heavy (non-hydrogen) atoms. The van der Waals surface area contributed by atoms with Crippen molar-refractivity contribution in [3.05, 3.63) is 0 Å². The molecule has 0 saturated carbocycles. The van der Waals surface area contributed by atoms with Gasteiger partial charge in [-0.1, -0.05) is 0 Å². The molecule has 5 nitrogen and oxygen atoms in total. The van der Waals surface area contributed by atoms with Crippen LogP contribution in [0.25, 0.3) is 0 Å². The zero-order chi connectivity index (χ0) is 10.1. The second-order valence-corrected chi connectivity index (χ2v) is 5.32. The lowest BCUT2D eigenvalue weighted by Gasteiger charge is -2.13. The second-order valence-electron chi connectivity index (χ2n) is 2.81. The van der Waals surface area contributed by atoms with Crippen molar-refractivity contribution in [2.45, 2.75) is 12.2 Å². The van der Waals surface area contributed by atoms with Gasteiger partial charge in [-0.2, -0.15) is 12.7 Å². The first-order valence-electron chi connectivity index (χ1n) is 3.74. The highest BCUT2D eigenvalue weighted by molar-refractivity contribution is 8.11. The Labute approximate surface area is 82.1 Å². The van der Waals surface area contributed by atoms with Crippen LogP contribution >= 0.6 is 10.7 Å². The van der Waals surface area contributed by atoms with Crippen molar-refractivity contribution in [1.82, 2.24) is 4.31 Å². The Hall–Kier alpha value is 0.120. The lowest BCUT2D eigenvalue weighted by atomic mass is 10.3. The largest absolute Gasteiger partial charge is 0.377 e. The van der Waals surface area contributed by atoms with Crippen LogP contribution in [0.4, 0.5) is 0 Å². The van der Waals surface area contributed by atoms with Crippen molar-refractivity contribution in [2.24, 2.45) is 0 Å². The van der Waals surface area contributed by atoms with Gasteiger partial charge in [0.1, 0.15) is 0 Å². The summed E-state index contributed by atoms with van der Waals surface area (Å²) in [5, 5.41) is 0. The minimum atomic E-state index is -3.64. The van der Waals surface area contributed by atoms with Gasteiger partial charge in [-0.25, -0.2) is 0 Å². The Morgan fingerprint density at radius 1 is 1.23 bits per heavy atom. The maximum Gasteiger partial charge on any atom is 0.299 e. The standard InChI is InChI=1S/C6H12ClNO4S/c1-11-5-3-8(13(7,9)10)4-6(5)12-2/h5-6H,3-4H2,1-2H3. The molecule has 78 valence electrons. The molecule has 1 fully saturated rings. The van der Waals surface area contributed by atoms with Gasteiger partial charge in [-0.05, 0) is 0 Å². The molecule has 7 heteroatoms. The number of methoxy groups -OCH3 is 2. The summed E-state index contributed by atoms with van der Waals surface area (Å²) in [6, 6.07) is 0. The topological polar surface area (TPSA) is 55.8 Å². The lowest BCUT2D eigenvalue weighted by Crippen LogP contribution is -2.27. The van der Waals surface area contributed by atoms with Crippen LogP contribution in [0.3, 0.4) is 0 Å². The summed E-state index contributed by atoms with van der Waals surface area (Å²) in [5.41, 5.74) is 0. The van der Waals surface area contributed by atoms with E-state index in [1.54, 1.807) is 0 Å². The fourth-order valence-corrected chi connectivity index (χ4v) is 2.33. The molecule has 0 radical (unpaired) electrons. The van der Waals surface area contributed by atoms with Crippen molar-refractivity contribution in [2.75, 3.05) is 27.3 Å². The van der Waals surface area contributed by atoms with E-state index in [0.717, 1.165) is 4.31 Å². The van der Waals surface area contributed by atoms with Gasteiger partial charge in [-0.15, -0.1) is 0 Å². The highest BCUT2D eigenvalue weighted by Gasteiger charge is 2.38. The average Bonchev–Trinajstić information content (AvgIpc) is 2.45. The van der Waals surface area contributed by atoms with Crippen molar-refractivity contribution in [3.8, 4) is 0 Å². The van der Waals surface area contributed by atoms with E-state index in [2.05, 4.69) is 0 Å². The fourth-order valence-electron chi connectivity index (χ4n) is 1.34. The predicted octanol–water partition coefficient (Wildman–Crippen LogP) is -0.184. The van der Waals surface area contributed by atoms with E-state index in [4.69, 9.17) is 20.2 Å². The van der Waals surface area contributed by atoms with Crippen LogP contribution in [0.5, 0.6) is 0 Å². The summed E-state index contributed by atoms with van der Waals surface area (Å²) < 4.78 is 33.1. The molecule has 0 aromatic rings. The normalized spacial score (nSPS) is 31.0. The molecule has 0 aromatic heterocycles. The minimum absolute atomic E-state index is 0.237. The van der Waals surface area contributed by atoms with Gasteiger partial charge in [0.2, 0.25) is 0 Å². The Bertz CT molecular complexity index is 256. The third-order valence-electron chi connectivity index (χ3n) is 2.10. The molecule has 1 saturated heterocycles. The molecule has 1 aliphatic heterocycles. The van der Waals surface area contributed by atoms with Crippen LogP contribution < -0.4 is 0 Å². The molecule has 1 rings (SSSR count). The lowest BCUT2D eigenvalue weighted by molar-refractivity contribution is -0.00461.